The van der Waals surface area contributed by atoms with Gasteiger partial charge in [0, 0.05) is 31.0 Å². The van der Waals surface area contributed by atoms with E-state index in [1.165, 1.54) is 19.3 Å². The maximum Gasteiger partial charge on any atom is 0.289 e. The quantitative estimate of drug-likeness (QED) is 0.837. The molecule has 2 saturated heterocycles. The van der Waals surface area contributed by atoms with Crippen LogP contribution in [-0.4, -0.2) is 50.3 Å². The van der Waals surface area contributed by atoms with Gasteiger partial charge in [0.15, 0.2) is 5.76 Å². The number of carbonyl (C=O) groups excluding carboxylic acids is 1. The number of hydrogen-bond donors (Lipinski definition) is 0. The maximum atomic E-state index is 12.5. The monoisotopic (exact) mass is 305 g/mol. The minimum atomic E-state index is -0.0218. The number of carbonyl (C=O) groups is 1. The normalized spacial score (nSPS) is 31.3. The largest absolute Gasteiger partial charge is 0.459 e. The maximum absolute atomic E-state index is 12.5. The Morgan fingerprint density at radius 1 is 1.45 bits per heavy atom. The minimum absolute atomic E-state index is 0.0160. The third-order valence-electron chi connectivity index (χ3n) is 5.51. The summed E-state index contributed by atoms with van der Waals surface area (Å²) in [6, 6.07) is 3.48. The van der Waals surface area contributed by atoms with Gasteiger partial charge in [0.25, 0.3) is 5.91 Å². The van der Waals surface area contributed by atoms with Crippen molar-refractivity contribution < 1.29 is 18.7 Å². The van der Waals surface area contributed by atoms with Crippen molar-refractivity contribution in [3.05, 3.63) is 24.2 Å². The smallest absolute Gasteiger partial charge is 0.289 e. The van der Waals surface area contributed by atoms with E-state index in [4.69, 9.17) is 13.9 Å². The van der Waals surface area contributed by atoms with Gasteiger partial charge in [-0.25, -0.2) is 0 Å². The molecule has 5 nitrogen and oxygen atoms in total. The number of nitrogens with zero attached hydrogens (tertiary/aromatic N) is 1. The fourth-order valence-electron chi connectivity index (χ4n) is 3.84. The second-order valence-corrected chi connectivity index (χ2v) is 7.05. The fourth-order valence-corrected chi connectivity index (χ4v) is 3.84. The van der Waals surface area contributed by atoms with Crippen LogP contribution in [0, 0.1) is 17.3 Å². The molecule has 1 saturated carbocycles. The molecule has 1 aliphatic carbocycles. The lowest BCUT2D eigenvalue weighted by atomic mass is 9.81. The summed E-state index contributed by atoms with van der Waals surface area (Å²) in [5.74, 6) is 1.54. The molecule has 0 bridgehead atoms. The molecule has 1 aromatic rings. The van der Waals surface area contributed by atoms with E-state index in [1.54, 1.807) is 18.4 Å². The van der Waals surface area contributed by atoms with Gasteiger partial charge in [-0.15, -0.1) is 0 Å². The van der Waals surface area contributed by atoms with Gasteiger partial charge in [-0.3, -0.25) is 4.79 Å². The van der Waals surface area contributed by atoms with Gasteiger partial charge < -0.3 is 18.8 Å². The molecule has 1 aromatic heterocycles. The predicted molar refractivity (Wildman–Crippen MR) is 79.5 cm³/mol. The second-order valence-electron chi connectivity index (χ2n) is 7.05. The molecule has 0 unspecified atom stereocenters. The van der Waals surface area contributed by atoms with Crippen molar-refractivity contribution in [1.82, 2.24) is 4.90 Å². The zero-order chi connectivity index (χ0) is 15.0. The zero-order valence-electron chi connectivity index (χ0n) is 12.8. The molecular weight excluding hydrogens is 282 g/mol. The van der Waals surface area contributed by atoms with Crippen LogP contribution in [0.2, 0.25) is 0 Å². The van der Waals surface area contributed by atoms with Gasteiger partial charge in [0.1, 0.15) is 0 Å². The van der Waals surface area contributed by atoms with Crippen LogP contribution < -0.4 is 0 Å². The Balaban J connectivity index is 1.39. The Kier molecular flexibility index (Phi) is 3.70. The third-order valence-corrected chi connectivity index (χ3v) is 5.51. The summed E-state index contributed by atoms with van der Waals surface area (Å²) in [5, 5.41) is 0. The lowest BCUT2D eigenvalue weighted by Crippen LogP contribution is -2.38. The highest BCUT2D eigenvalue weighted by molar-refractivity contribution is 5.91. The number of ether oxygens (including phenoxy) is 2. The summed E-state index contributed by atoms with van der Waals surface area (Å²) in [7, 11) is 0. The van der Waals surface area contributed by atoms with Crippen LogP contribution in [0.1, 0.15) is 29.8 Å². The van der Waals surface area contributed by atoms with Crippen molar-refractivity contribution in [2.75, 3.05) is 39.5 Å². The molecule has 3 heterocycles. The van der Waals surface area contributed by atoms with E-state index >= 15 is 0 Å². The fraction of sp³-hybridized carbons (Fsp3) is 0.706. The molecule has 3 aliphatic rings. The van der Waals surface area contributed by atoms with E-state index < -0.39 is 0 Å². The van der Waals surface area contributed by atoms with Crippen LogP contribution in [0.3, 0.4) is 0 Å². The molecule has 0 spiro atoms. The van der Waals surface area contributed by atoms with Crippen molar-refractivity contribution in [3.8, 4) is 0 Å². The summed E-state index contributed by atoms with van der Waals surface area (Å²) in [6.07, 6.45) is 5.49. The van der Waals surface area contributed by atoms with Crippen molar-refractivity contribution in [1.29, 1.82) is 0 Å². The highest BCUT2D eigenvalue weighted by Gasteiger charge is 2.52. The van der Waals surface area contributed by atoms with Gasteiger partial charge in [0.2, 0.25) is 0 Å². The molecule has 3 fully saturated rings. The number of amides is 1. The SMILES string of the molecule is O=C(c1ccco1)N1C[C@@H]2COC[C@]2(COCC2CCC2)C1. The van der Waals surface area contributed by atoms with Crippen molar-refractivity contribution in [2.24, 2.45) is 17.3 Å². The zero-order valence-corrected chi connectivity index (χ0v) is 12.8. The average Bonchev–Trinajstić information content (AvgIpc) is 3.15. The van der Waals surface area contributed by atoms with E-state index in [-0.39, 0.29) is 11.3 Å². The topological polar surface area (TPSA) is 51.9 Å². The van der Waals surface area contributed by atoms with Crippen LogP contribution in [0.4, 0.5) is 0 Å². The lowest BCUT2D eigenvalue weighted by molar-refractivity contribution is -0.000247. The Bertz CT molecular complexity index is 525. The molecule has 2 atom stereocenters. The lowest BCUT2D eigenvalue weighted by Gasteiger charge is -2.30. The molecule has 0 aromatic carbocycles. The van der Waals surface area contributed by atoms with Crippen LogP contribution in [0.5, 0.6) is 0 Å². The van der Waals surface area contributed by atoms with Gasteiger partial charge >= 0.3 is 0 Å². The first kappa shape index (κ1) is 14.3. The predicted octanol–water partition coefficient (Wildman–Crippen LogP) is 2.18. The second kappa shape index (κ2) is 5.70. The van der Waals surface area contributed by atoms with E-state index in [0.29, 0.717) is 31.4 Å². The van der Waals surface area contributed by atoms with Gasteiger partial charge in [-0.2, -0.15) is 0 Å². The van der Waals surface area contributed by atoms with E-state index in [9.17, 15) is 4.79 Å². The summed E-state index contributed by atoms with van der Waals surface area (Å²) in [5.41, 5.74) is -0.0218. The number of likely N-dealkylation sites (tertiary alicyclic amines) is 1. The van der Waals surface area contributed by atoms with E-state index in [1.807, 2.05) is 4.90 Å². The number of rotatable bonds is 5. The Hall–Kier alpha value is -1.33. The standard InChI is InChI=1S/C17H23NO4/c19-16(15-5-2-6-22-15)18-7-14-9-21-12-17(14,10-18)11-20-8-13-3-1-4-13/h2,5-6,13-14H,1,3-4,7-12H2/t14-,17-/m1/s1. The molecule has 22 heavy (non-hydrogen) atoms. The summed E-state index contributed by atoms with van der Waals surface area (Å²) in [6.45, 7) is 4.45. The van der Waals surface area contributed by atoms with Crippen molar-refractivity contribution >= 4 is 5.91 Å². The van der Waals surface area contributed by atoms with Gasteiger partial charge in [-0.05, 0) is 30.9 Å². The molecule has 5 heteroatoms. The highest BCUT2D eigenvalue weighted by Crippen LogP contribution is 2.42. The summed E-state index contributed by atoms with van der Waals surface area (Å²) >= 11 is 0. The van der Waals surface area contributed by atoms with Gasteiger partial charge in [0.05, 0.1) is 26.1 Å². The van der Waals surface area contributed by atoms with Crippen molar-refractivity contribution in [2.45, 2.75) is 19.3 Å². The molecule has 4 rings (SSSR count). The molecular formula is C17H23NO4. The number of fused-ring (bicyclic) bond motifs is 1. The molecule has 1 amide bonds. The van der Waals surface area contributed by atoms with Gasteiger partial charge in [-0.1, -0.05) is 6.42 Å². The number of hydrogen-bond acceptors (Lipinski definition) is 4. The van der Waals surface area contributed by atoms with Crippen molar-refractivity contribution in [3.63, 3.8) is 0 Å². The molecule has 0 N–H and O–H groups in total. The molecule has 2 aliphatic heterocycles. The molecule has 120 valence electrons. The Morgan fingerprint density at radius 2 is 2.36 bits per heavy atom. The summed E-state index contributed by atoms with van der Waals surface area (Å²) < 4.78 is 16.9. The Morgan fingerprint density at radius 3 is 3.09 bits per heavy atom. The first-order valence-corrected chi connectivity index (χ1v) is 8.25. The molecule has 0 radical (unpaired) electrons. The highest BCUT2D eigenvalue weighted by atomic mass is 16.5. The number of furan rings is 1. The van der Waals surface area contributed by atoms with Crippen LogP contribution in [0.25, 0.3) is 0 Å². The summed E-state index contributed by atoms with van der Waals surface area (Å²) in [4.78, 5) is 14.4. The third kappa shape index (κ3) is 2.46. The van der Waals surface area contributed by atoms with Crippen LogP contribution >= 0.6 is 0 Å². The average molecular weight is 305 g/mol. The van der Waals surface area contributed by atoms with Crippen LogP contribution in [-0.2, 0) is 9.47 Å². The van der Waals surface area contributed by atoms with E-state index in [0.717, 1.165) is 25.7 Å². The minimum Gasteiger partial charge on any atom is -0.459 e. The van der Waals surface area contributed by atoms with Crippen LogP contribution in [0.15, 0.2) is 22.8 Å². The Labute approximate surface area is 130 Å². The first-order chi connectivity index (χ1) is 10.8. The first-order valence-electron chi connectivity index (χ1n) is 8.25. The van der Waals surface area contributed by atoms with E-state index in [2.05, 4.69) is 0 Å².